The number of pyridine rings is 1. The van der Waals surface area contributed by atoms with Crippen LogP contribution in [-0.4, -0.2) is 58.8 Å². The minimum Gasteiger partial charge on any atom is -0.351 e. The van der Waals surface area contributed by atoms with Crippen LogP contribution in [0.3, 0.4) is 0 Å². The number of benzene rings is 2. The predicted molar refractivity (Wildman–Crippen MR) is 139 cm³/mol. The van der Waals surface area contributed by atoms with Crippen molar-refractivity contribution in [1.29, 1.82) is 0 Å². The molecular weight excluding hydrogens is 474 g/mol. The van der Waals surface area contributed by atoms with Crippen molar-refractivity contribution in [1.82, 2.24) is 24.3 Å². The predicted octanol–water partition coefficient (Wildman–Crippen LogP) is 3.40. The Kier molecular flexibility index (Phi) is 5.74. The fourth-order valence-electron chi connectivity index (χ4n) is 4.48. The molecule has 1 aliphatic rings. The molecule has 1 saturated heterocycles. The molecule has 0 radical (unpaired) electrons. The summed E-state index contributed by atoms with van der Waals surface area (Å²) in [4.78, 5) is 18.8. The van der Waals surface area contributed by atoms with Crippen molar-refractivity contribution < 1.29 is 8.42 Å². The summed E-state index contributed by atoms with van der Waals surface area (Å²) >= 11 is 0. The summed E-state index contributed by atoms with van der Waals surface area (Å²) < 4.78 is 30.9. The number of anilines is 2. The minimum absolute atomic E-state index is 0.184. The fraction of sp³-hybridized carbons (Fsp3) is 0.192. The van der Waals surface area contributed by atoms with Crippen LogP contribution in [0.15, 0.2) is 90.1 Å². The van der Waals surface area contributed by atoms with Crippen molar-refractivity contribution in [2.24, 2.45) is 0 Å². The number of hydrogen-bond acceptors (Lipinski definition) is 7. The second-order valence-corrected chi connectivity index (χ2v) is 10.4. The molecule has 3 aromatic heterocycles. The van der Waals surface area contributed by atoms with Crippen LogP contribution in [0.2, 0.25) is 0 Å². The van der Waals surface area contributed by atoms with Crippen molar-refractivity contribution in [3.05, 3.63) is 90.9 Å². The number of nitrogens with zero attached hydrogens (tertiary/aromatic N) is 6. The van der Waals surface area contributed by atoms with Crippen LogP contribution < -0.4 is 9.62 Å². The largest absolute Gasteiger partial charge is 0.351 e. The molecule has 9 nitrogen and oxygen atoms in total. The molecule has 1 aliphatic heterocycles. The summed E-state index contributed by atoms with van der Waals surface area (Å²) in [6.07, 6.45) is 4.06. The van der Waals surface area contributed by atoms with Gasteiger partial charge in [-0.2, -0.15) is 0 Å². The number of aromatic nitrogens is 4. The highest BCUT2D eigenvalue weighted by Crippen LogP contribution is 2.28. The Bertz CT molecular complexity index is 1600. The summed E-state index contributed by atoms with van der Waals surface area (Å²) in [6.45, 7) is 3.74. The molecule has 4 heterocycles. The van der Waals surface area contributed by atoms with E-state index in [0.717, 1.165) is 36.5 Å². The van der Waals surface area contributed by atoms with E-state index in [2.05, 4.69) is 25.7 Å². The quantitative estimate of drug-likeness (QED) is 0.383. The van der Waals surface area contributed by atoms with Gasteiger partial charge in [-0.3, -0.25) is 9.62 Å². The van der Waals surface area contributed by atoms with Gasteiger partial charge in [0, 0.05) is 45.1 Å². The highest BCUT2D eigenvalue weighted by Gasteiger charge is 2.25. The van der Waals surface area contributed by atoms with Crippen molar-refractivity contribution in [2.75, 3.05) is 35.8 Å². The lowest BCUT2D eigenvalue weighted by Gasteiger charge is -2.35. The third kappa shape index (κ3) is 4.48. The van der Waals surface area contributed by atoms with E-state index < -0.39 is 10.0 Å². The zero-order valence-corrected chi connectivity index (χ0v) is 20.3. The molecule has 1 fully saturated rings. The van der Waals surface area contributed by atoms with Gasteiger partial charge >= 0.3 is 0 Å². The first-order chi connectivity index (χ1) is 17.5. The lowest BCUT2D eigenvalue weighted by atomic mass is 10.2. The molecule has 0 atom stereocenters. The van der Waals surface area contributed by atoms with Crippen LogP contribution in [0.4, 0.5) is 11.6 Å². The maximum Gasteiger partial charge on any atom is 0.263 e. The van der Waals surface area contributed by atoms with Gasteiger partial charge in [-0.1, -0.05) is 36.4 Å². The molecule has 10 heteroatoms. The molecule has 2 aromatic carbocycles. The van der Waals surface area contributed by atoms with E-state index in [1.54, 1.807) is 30.3 Å². The average Bonchev–Trinajstić information content (AvgIpc) is 3.31. The van der Waals surface area contributed by atoms with Crippen LogP contribution in [0.25, 0.3) is 16.7 Å². The van der Waals surface area contributed by atoms with E-state index >= 15 is 0 Å². The Labute approximate surface area is 209 Å². The Morgan fingerprint density at radius 3 is 2.22 bits per heavy atom. The van der Waals surface area contributed by atoms with Gasteiger partial charge in [0.05, 0.1) is 21.6 Å². The van der Waals surface area contributed by atoms with Gasteiger partial charge in [0.1, 0.15) is 5.65 Å². The van der Waals surface area contributed by atoms with Gasteiger partial charge in [-0.05, 0) is 36.4 Å². The molecule has 6 rings (SSSR count). The molecule has 0 bridgehead atoms. The highest BCUT2D eigenvalue weighted by molar-refractivity contribution is 7.92. The molecular formula is C26H25N7O2S. The minimum atomic E-state index is -3.81. The number of rotatable bonds is 6. The van der Waals surface area contributed by atoms with E-state index in [1.165, 1.54) is 0 Å². The maximum atomic E-state index is 13.1. The first-order valence-electron chi connectivity index (χ1n) is 11.8. The zero-order valence-electron chi connectivity index (χ0n) is 19.5. The van der Waals surface area contributed by atoms with Gasteiger partial charge < -0.3 is 9.30 Å². The first kappa shape index (κ1) is 22.4. The number of hydrogen-bond donors (Lipinski definition) is 1. The van der Waals surface area contributed by atoms with Crippen molar-refractivity contribution in [2.45, 2.75) is 11.4 Å². The lowest BCUT2D eigenvalue weighted by Crippen LogP contribution is -2.46. The normalized spacial score (nSPS) is 14.9. The fourth-order valence-corrected chi connectivity index (χ4v) is 5.50. The summed E-state index contributed by atoms with van der Waals surface area (Å²) in [5.74, 6) is 0.784. The van der Waals surface area contributed by atoms with Crippen LogP contribution in [-0.2, 0) is 16.6 Å². The molecule has 0 amide bonds. The summed E-state index contributed by atoms with van der Waals surface area (Å²) in [6, 6.07) is 21.8. The molecule has 5 aromatic rings. The van der Waals surface area contributed by atoms with Crippen molar-refractivity contribution in [3.8, 4) is 0 Å². The SMILES string of the molecule is O=S(=O)(Nc1nc2ccccc2nc1N1CCN(Cc2cn3ccccc3n2)CC1)c1ccccc1. The number of piperazine rings is 1. The Hall–Kier alpha value is -4.02. The van der Waals surface area contributed by atoms with Gasteiger partial charge in [0.25, 0.3) is 10.0 Å². The molecule has 182 valence electrons. The van der Waals surface area contributed by atoms with Gasteiger partial charge in [0.15, 0.2) is 11.6 Å². The number of fused-ring (bicyclic) bond motifs is 2. The maximum absolute atomic E-state index is 13.1. The monoisotopic (exact) mass is 499 g/mol. The lowest BCUT2D eigenvalue weighted by molar-refractivity contribution is 0.247. The second kappa shape index (κ2) is 9.21. The molecule has 0 spiro atoms. The Morgan fingerprint density at radius 2 is 1.47 bits per heavy atom. The molecule has 0 aliphatic carbocycles. The zero-order chi connectivity index (χ0) is 24.5. The van der Waals surface area contributed by atoms with Crippen molar-refractivity contribution >= 4 is 38.3 Å². The van der Waals surface area contributed by atoms with Crippen LogP contribution in [0.5, 0.6) is 0 Å². The third-order valence-corrected chi connectivity index (χ3v) is 7.66. The van der Waals surface area contributed by atoms with E-state index in [0.29, 0.717) is 24.4 Å². The number of para-hydroxylation sites is 2. The summed E-state index contributed by atoms with van der Waals surface area (Å²) in [5.41, 5.74) is 3.32. The molecule has 36 heavy (non-hydrogen) atoms. The van der Waals surface area contributed by atoms with Crippen molar-refractivity contribution in [3.63, 3.8) is 0 Å². The smallest absolute Gasteiger partial charge is 0.263 e. The van der Waals surface area contributed by atoms with E-state index in [9.17, 15) is 8.42 Å². The van der Waals surface area contributed by atoms with Crippen LogP contribution in [0, 0.1) is 0 Å². The summed E-state index contributed by atoms with van der Waals surface area (Å²) in [7, 11) is -3.81. The van der Waals surface area contributed by atoms with E-state index in [4.69, 9.17) is 9.97 Å². The van der Waals surface area contributed by atoms with E-state index in [-0.39, 0.29) is 10.7 Å². The highest BCUT2D eigenvalue weighted by atomic mass is 32.2. The summed E-state index contributed by atoms with van der Waals surface area (Å²) in [5, 5.41) is 0. The number of imidazole rings is 1. The van der Waals surface area contributed by atoms with Gasteiger partial charge in [-0.25, -0.2) is 23.4 Å². The average molecular weight is 500 g/mol. The molecule has 0 saturated carbocycles. The Balaban J connectivity index is 1.24. The molecule has 0 unspecified atom stereocenters. The van der Waals surface area contributed by atoms with Gasteiger partial charge in [0.2, 0.25) is 0 Å². The van der Waals surface area contributed by atoms with Crippen LogP contribution >= 0.6 is 0 Å². The molecule has 1 N–H and O–H groups in total. The Morgan fingerprint density at radius 1 is 0.778 bits per heavy atom. The first-order valence-corrected chi connectivity index (χ1v) is 13.3. The topological polar surface area (TPSA) is 95.7 Å². The number of sulfonamides is 1. The number of nitrogens with one attached hydrogen (secondary N) is 1. The second-order valence-electron chi connectivity index (χ2n) is 8.76. The van der Waals surface area contributed by atoms with Crippen LogP contribution in [0.1, 0.15) is 5.69 Å². The standard InChI is InChI=1S/C26H25N7O2S/c34-36(35,21-8-2-1-3-9-21)30-25-26(29-23-11-5-4-10-22(23)28-25)32-16-14-31(15-17-32)18-20-19-33-13-7-6-12-24(33)27-20/h1-13,19H,14-18H2,(H,28,30). The van der Waals surface area contributed by atoms with Gasteiger partial charge in [-0.15, -0.1) is 0 Å². The third-order valence-electron chi connectivity index (χ3n) is 6.31. The van der Waals surface area contributed by atoms with E-state index in [1.807, 2.05) is 53.1 Å².